The number of nitrogens with one attached hydrogen (secondary N) is 1. The first-order valence-corrected chi connectivity index (χ1v) is 8.27. The molecule has 1 aliphatic heterocycles. The lowest BCUT2D eigenvalue weighted by Crippen LogP contribution is -2.27. The predicted octanol–water partition coefficient (Wildman–Crippen LogP) is 1.49. The van der Waals surface area contributed by atoms with Crippen molar-refractivity contribution >= 4 is 21.9 Å². The number of hydrogen-bond donors (Lipinski definition) is 1. The number of hydrogen-bond acceptors (Lipinski definition) is 5. The van der Waals surface area contributed by atoms with Gasteiger partial charge in [0.2, 0.25) is 5.91 Å². The Balaban J connectivity index is 1.83. The second kappa shape index (κ2) is 5.65. The number of amides is 1. The standard InChI is InChI=1S/C14H14FN3O4S/c1-22-10-4-2-9(3-5-10)12-7-13(17-16-12)18-8-11(6-14(18)19)23(15,20)21/h2-5,7,11H,6,8H2,1H3,(H,16,17). The van der Waals surface area contributed by atoms with E-state index < -0.39 is 21.4 Å². The first-order valence-electron chi connectivity index (χ1n) is 6.82. The summed E-state index contributed by atoms with van der Waals surface area (Å²) >= 11 is 0. The number of carbonyl (C=O) groups is 1. The first kappa shape index (κ1) is 15.5. The zero-order valence-corrected chi connectivity index (χ0v) is 13.0. The van der Waals surface area contributed by atoms with Crippen molar-refractivity contribution in [1.82, 2.24) is 10.2 Å². The molecule has 0 bridgehead atoms. The van der Waals surface area contributed by atoms with E-state index in [1.807, 2.05) is 12.1 Å². The van der Waals surface area contributed by atoms with Gasteiger partial charge in [-0.3, -0.25) is 14.8 Å². The van der Waals surface area contributed by atoms with Crippen LogP contribution in [0.15, 0.2) is 30.3 Å². The van der Waals surface area contributed by atoms with E-state index in [1.54, 1.807) is 25.3 Å². The van der Waals surface area contributed by atoms with Crippen molar-refractivity contribution in [3.8, 4) is 17.0 Å². The van der Waals surface area contributed by atoms with Gasteiger partial charge in [-0.05, 0) is 29.8 Å². The van der Waals surface area contributed by atoms with Gasteiger partial charge in [-0.15, -0.1) is 3.89 Å². The van der Waals surface area contributed by atoms with Crippen LogP contribution in [0.25, 0.3) is 11.3 Å². The highest BCUT2D eigenvalue weighted by molar-refractivity contribution is 7.87. The maximum Gasteiger partial charge on any atom is 0.307 e. The summed E-state index contributed by atoms with van der Waals surface area (Å²) in [4.78, 5) is 13.1. The van der Waals surface area contributed by atoms with Gasteiger partial charge >= 0.3 is 10.2 Å². The van der Waals surface area contributed by atoms with Gasteiger partial charge < -0.3 is 4.74 Å². The van der Waals surface area contributed by atoms with Crippen molar-refractivity contribution in [2.24, 2.45) is 0 Å². The van der Waals surface area contributed by atoms with Crippen LogP contribution in [-0.2, 0) is 15.0 Å². The normalized spacial score (nSPS) is 18.4. The molecule has 3 rings (SSSR count). The Hall–Kier alpha value is -2.42. The molecular formula is C14H14FN3O4S. The summed E-state index contributed by atoms with van der Waals surface area (Å²) in [7, 11) is -3.18. The highest BCUT2D eigenvalue weighted by Crippen LogP contribution is 2.28. The van der Waals surface area contributed by atoms with Crippen molar-refractivity contribution < 1.29 is 21.8 Å². The lowest BCUT2D eigenvalue weighted by Gasteiger charge is -2.11. The fourth-order valence-electron chi connectivity index (χ4n) is 2.45. The molecule has 0 saturated carbocycles. The highest BCUT2D eigenvalue weighted by atomic mass is 32.3. The van der Waals surface area contributed by atoms with Crippen LogP contribution in [0.3, 0.4) is 0 Å². The third kappa shape index (κ3) is 3.04. The maximum absolute atomic E-state index is 13.1. The van der Waals surface area contributed by atoms with Crippen LogP contribution in [0, 0.1) is 0 Å². The van der Waals surface area contributed by atoms with Gasteiger partial charge in [0.1, 0.15) is 11.0 Å². The molecule has 1 aromatic heterocycles. The molecule has 1 atom stereocenters. The van der Waals surface area contributed by atoms with Gasteiger partial charge in [-0.2, -0.15) is 13.5 Å². The van der Waals surface area contributed by atoms with Gasteiger partial charge in [-0.25, -0.2) is 0 Å². The van der Waals surface area contributed by atoms with E-state index in [9.17, 15) is 17.1 Å². The summed E-state index contributed by atoms with van der Waals surface area (Å²) in [5, 5.41) is 5.46. The number of halogens is 1. The van der Waals surface area contributed by atoms with Crippen LogP contribution in [0.2, 0.25) is 0 Å². The largest absolute Gasteiger partial charge is 0.497 e. The second-order valence-electron chi connectivity index (χ2n) is 5.17. The monoisotopic (exact) mass is 339 g/mol. The zero-order valence-electron chi connectivity index (χ0n) is 12.2. The summed E-state index contributed by atoms with van der Waals surface area (Å²) in [6.07, 6.45) is -0.371. The summed E-state index contributed by atoms with van der Waals surface area (Å²) < 4.78 is 40.0. The molecule has 23 heavy (non-hydrogen) atoms. The molecule has 2 heterocycles. The molecule has 1 aliphatic rings. The number of nitrogens with zero attached hydrogens (tertiary/aromatic N) is 2. The number of H-pyrrole nitrogens is 1. The van der Waals surface area contributed by atoms with Gasteiger partial charge in [0.15, 0.2) is 5.82 Å². The van der Waals surface area contributed by atoms with Crippen molar-refractivity contribution in [2.45, 2.75) is 11.7 Å². The van der Waals surface area contributed by atoms with E-state index in [4.69, 9.17) is 4.74 Å². The number of methoxy groups -OCH3 is 1. The van der Waals surface area contributed by atoms with Gasteiger partial charge in [0, 0.05) is 19.0 Å². The molecule has 2 aromatic rings. The lowest BCUT2D eigenvalue weighted by molar-refractivity contribution is -0.117. The molecule has 1 fully saturated rings. The zero-order chi connectivity index (χ0) is 16.6. The van der Waals surface area contributed by atoms with Gasteiger partial charge in [0.05, 0.1) is 12.8 Å². The molecule has 9 heteroatoms. The van der Waals surface area contributed by atoms with Crippen molar-refractivity contribution in [3.05, 3.63) is 30.3 Å². The molecule has 122 valence electrons. The number of ether oxygens (including phenoxy) is 1. The molecule has 1 amide bonds. The quantitative estimate of drug-likeness (QED) is 0.852. The average Bonchev–Trinajstić information content (AvgIpc) is 3.13. The highest BCUT2D eigenvalue weighted by Gasteiger charge is 2.39. The Labute approximate surface area is 132 Å². The minimum atomic E-state index is -4.74. The van der Waals surface area contributed by atoms with Crippen molar-refractivity contribution in [2.75, 3.05) is 18.6 Å². The molecule has 1 aromatic carbocycles. The minimum Gasteiger partial charge on any atom is -0.497 e. The van der Waals surface area contributed by atoms with Gasteiger partial charge in [0.25, 0.3) is 0 Å². The van der Waals surface area contributed by atoms with E-state index >= 15 is 0 Å². The summed E-state index contributed by atoms with van der Waals surface area (Å²) in [6.45, 7) is -0.232. The fraction of sp³-hybridized carbons (Fsp3) is 0.286. The van der Waals surface area contributed by atoms with E-state index in [0.717, 1.165) is 5.56 Å². The number of aromatic amines is 1. The van der Waals surface area contributed by atoms with Crippen LogP contribution in [0.1, 0.15) is 6.42 Å². The lowest BCUT2D eigenvalue weighted by atomic mass is 10.1. The van der Waals surface area contributed by atoms with Crippen LogP contribution in [0.4, 0.5) is 9.70 Å². The molecule has 0 radical (unpaired) electrons. The molecule has 0 spiro atoms. The number of aromatic nitrogens is 2. The number of rotatable bonds is 4. The Bertz CT molecular complexity index is 832. The van der Waals surface area contributed by atoms with E-state index in [2.05, 4.69) is 10.2 Å². The third-order valence-electron chi connectivity index (χ3n) is 3.73. The molecule has 1 N–H and O–H groups in total. The topological polar surface area (TPSA) is 92.4 Å². The Kier molecular flexibility index (Phi) is 3.80. The smallest absolute Gasteiger partial charge is 0.307 e. The van der Waals surface area contributed by atoms with E-state index in [-0.39, 0.29) is 18.8 Å². The Morgan fingerprint density at radius 3 is 2.61 bits per heavy atom. The summed E-state index contributed by atoms with van der Waals surface area (Å²) in [6, 6.07) is 8.81. The Morgan fingerprint density at radius 2 is 2.04 bits per heavy atom. The van der Waals surface area contributed by atoms with Crippen LogP contribution < -0.4 is 9.64 Å². The summed E-state index contributed by atoms with van der Waals surface area (Å²) in [5.74, 6) is 0.509. The van der Waals surface area contributed by atoms with Gasteiger partial charge in [-0.1, -0.05) is 0 Å². The number of anilines is 1. The van der Waals surface area contributed by atoms with Crippen molar-refractivity contribution in [3.63, 3.8) is 0 Å². The first-order chi connectivity index (χ1) is 10.9. The third-order valence-corrected chi connectivity index (χ3v) is 4.84. The van der Waals surface area contributed by atoms with E-state index in [1.165, 1.54) is 4.90 Å². The fourth-order valence-corrected chi connectivity index (χ4v) is 3.12. The van der Waals surface area contributed by atoms with Crippen molar-refractivity contribution in [1.29, 1.82) is 0 Å². The molecule has 7 nitrogen and oxygen atoms in total. The van der Waals surface area contributed by atoms with Crippen LogP contribution >= 0.6 is 0 Å². The predicted molar refractivity (Wildman–Crippen MR) is 81.4 cm³/mol. The van der Waals surface area contributed by atoms with Crippen LogP contribution in [0.5, 0.6) is 5.75 Å². The SMILES string of the molecule is COc1ccc(-c2cc(N3CC(S(=O)(=O)F)CC3=O)n[nH]2)cc1. The molecular weight excluding hydrogens is 325 g/mol. The number of carbonyl (C=O) groups excluding carboxylic acids is 1. The summed E-state index contributed by atoms with van der Waals surface area (Å²) in [5.41, 5.74) is 1.48. The number of benzene rings is 1. The second-order valence-corrected chi connectivity index (χ2v) is 6.79. The minimum absolute atomic E-state index is 0.232. The Morgan fingerprint density at radius 1 is 1.35 bits per heavy atom. The van der Waals surface area contributed by atoms with E-state index in [0.29, 0.717) is 11.4 Å². The molecule has 1 unspecified atom stereocenters. The molecule has 0 aliphatic carbocycles. The maximum atomic E-state index is 13.1. The molecule has 1 saturated heterocycles. The average molecular weight is 339 g/mol. The van der Waals surface area contributed by atoms with Crippen LogP contribution in [-0.4, -0.2) is 43.4 Å².